The first kappa shape index (κ1) is 21.9. The first-order chi connectivity index (χ1) is 13.3. The minimum Gasteiger partial charge on any atom is -0.478 e. The third kappa shape index (κ3) is 6.65. The van der Waals surface area contributed by atoms with Crippen molar-refractivity contribution in [2.75, 3.05) is 6.61 Å². The van der Waals surface area contributed by atoms with E-state index in [1.807, 2.05) is 26.0 Å². The van der Waals surface area contributed by atoms with Crippen LogP contribution in [0.1, 0.15) is 38.3 Å². The van der Waals surface area contributed by atoms with Gasteiger partial charge in [0.05, 0.1) is 11.1 Å². The van der Waals surface area contributed by atoms with Gasteiger partial charge in [0.25, 0.3) is 0 Å². The number of carboxylic acids is 1. The molecule has 28 heavy (non-hydrogen) atoms. The number of carbonyl (C=O) groups is 2. The Bertz CT molecular complexity index is 781. The predicted octanol–water partition coefficient (Wildman–Crippen LogP) is 4.01. The van der Waals surface area contributed by atoms with Gasteiger partial charge in [-0.3, -0.25) is 0 Å². The molecule has 0 spiro atoms. The van der Waals surface area contributed by atoms with E-state index < -0.39 is 23.5 Å². The number of hydrogen-bond donors (Lipinski definition) is 2. The molecule has 1 aliphatic rings. The summed E-state index contributed by atoms with van der Waals surface area (Å²) in [6.07, 6.45) is -0.995. The maximum absolute atomic E-state index is 13.0. The van der Waals surface area contributed by atoms with E-state index in [4.69, 9.17) is 9.84 Å². The van der Waals surface area contributed by atoms with Crippen molar-refractivity contribution in [3.63, 3.8) is 0 Å². The SMILES string of the molecule is Cc1ccc(C(=O)O)cc1.Cc1ccc(C(=O)OC[C@H]2C[C@H](F)C(O)S2)cc1. The standard InChI is InChI=1S/C13H15FO3S.C8H8O2/c1-8-2-4-9(5-3-8)12(15)17-7-10-6-11(14)13(16)18-10;1-6-2-4-7(5-3-6)8(9)10/h2-5,10-11,13,16H,6-7H2,1H3;2-5H,1H3,(H,9,10)/t10-,11+,13?;/m1./s1. The van der Waals surface area contributed by atoms with Gasteiger partial charge in [0.1, 0.15) is 18.2 Å². The third-order valence-electron chi connectivity index (χ3n) is 4.12. The Labute approximate surface area is 167 Å². The van der Waals surface area contributed by atoms with Crippen LogP contribution in [0.5, 0.6) is 0 Å². The average Bonchev–Trinajstić information content (AvgIpc) is 2.99. The smallest absolute Gasteiger partial charge is 0.338 e. The molecule has 2 aromatic rings. The number of rotatable bonds is 4. The predicted molar refractivity (Wildman–Crippen MR) is 106 cm³/mol. The summed E-state index contributed by atoms with van der Waals surface area (Å²) >= 11 is 1.12. The molecule has 2 aromatic carbocycles. The van der Waals surface area contributed by atoms with Gasteiger partial charge in [-0.15, -0.1) is 11.8 Å². The van der Waals surface area contributed by atoms with Crippen LogP contribution in [0.2, 0.25) is 0 Å². The van der Waals surface area contributed by atoms with Crippen molar-refractivity contribution < 1.29 is 28.9 Å². The van der Waals surface area contributed by atoms with Gasteiger partial charge in [0, 0.05) is 5.25 Å². The Morgan fingerprint density at radius 1 is 1.04 bits per heavy atom. The molecule has 150 valence electrons. The fourth-order valence-electron chi connectivity index (χ4n) is 2.45. The largest absolute Gasteiger partial charge is 0.478 e. The molecule has 1 unspecified atom stereocenters. The van der Waals surface area contributed by atoms with Crippen LogP contribution in [0.15, 0.2) is 48.5 Å². The van der Waals surface area contributed by atoms with Crippen LogP contribution >= 0.6 is 11.8 Å². The molecular weight excluding hydrogens is 383 g/mol. The number of carbonyl (C=O) groups excluding carboxylic acids is 1. The lowest BCUT2D eigenvalue weighted by Gasteiger charge is -2.09. The van der Waals surface area contributed by atoms with E-state index in [1.54, 1.807) is 36.4 Å². The number of esters is 1. The van der Waals surface area contributed by atoms with Crippen LogP contribution in [0.4, 0.5) is 4.39 Å². The van der Waals surface area contributed by atoms with Crippen molar-refractivity contribution >= 4 is 23.7 Å². The van der Waals surface area contributed by atoms with E-state index in [-0.39, 0.29) is 18.3 Å². The first-order valence-electron chi connectivity index (χ1n) is 8.77. The van der Waals surface area contributed by atoms with E-state index in [2.05, 4.69) is 0 Å². The van der Waals surface area contributed by atoms with Gasteiger partial charge in [0.2, 0.25) is 0 Å². The summed E-state index contributed by atoms with van der Waals surface area (Å²) in [5.41, 5.74) is 1.98. The highest BCUT2D eigenvalue weighted by Crippen LogP contribution is 2.34. The van der Waals surface area contributed by atoms with Crippen molar-refractivity contribution in [1.29, 1.82) is 0 Å². The minimum atomic E-state index is -1.22. The fourth-order valence-corrected chi connectivity index (χ4v) is 3.57. The number of alkyl halides is 1. The van der Waals surface area contributed by atoms with Crippen molar-refractivity contribution in [2.45, 2.75) is 37.1 Å². The number of thioether (sulfide) groups is 1. The Morgan fingerprint density at radius 3 is 1.96 bits per heavy atom. The molecule has 0 bridgehead atoms. The normalized spacial score (nSPS) is 20.8. The van der Waals surface area contributed by atoms with Gasteiger partial charge in [0.15, 0.2) is 0 Å². The highest BCUT2D eigenvalue weighted by atomic mass is 32.2. The molecule has 1 aliphatic heterocycles. The molecule has 0 amide bonds. The number of aromatic carboxylic acids is 1. The van der Waals surface area contributed by atoms with Gasteiger partial charge in [-0.2, -0.15) is 0 Å². The number of aryl methyl sites for hydroxylation is 2. The fraction of sp³-hybridized carbons (Fsp3) is 0.333. The zero-order valence-corrected chi connectivity index (χ0v) is 16.5. The van der Waals surface area contributed by atoms with E-state index in [0.29, 0.717) is 11.1 Å². The summed E-state index contributed by atoms with van der Waals surface area (Å²) in [6, 6.07) is 13.8. The highest BCUT2D eigenvalue weighted by Gasteiger charge is 2.34. The van der Waals surface area contributed by atoms with E-state index in [1.165, 1.54) is 0 Å². The summed E-state index contributed by atoms with van der Waals surface area (Å²) in [4.78, 5) is 22.0. The van der Waals surface area contributed by atoms with Gasteiger partial charge in [-0.05, 0) is 44.5 Å². The zero-order valence-electron chi connectivity index (χ0n) is 15.7. The summed E-state index contributed by atoms with van der Waals surface area (Å²) in [5, 5.41) is 17.5. The molecule has 5 nitrogen and oxygen atoms in total. The maximum atomic E-state index is 13.0. The Balaban J connectivity index is 0.000000237. The molecule has 1 fully saturated rings. The zero-order chi connectivity index (χ0) is 20.7. The summed E-state index contributed by atoms with van der Waals surface area (Å²) in [6.45, 7) is 3.99. The van der Waals surface area contributed by atoms with Crippen LogP contribution < -0.4 is 0 Å². The number of aliphatic hydroxyl groups is 1. The van der Waals surface area contributed by atoms with Crippen LogP contribution in [0.3, 0.4) is 0 Å². The molecule has 3 atom stereocenters. The van der Waals surface area contributed by atoms with E-state index >= 15 is 0 Å². The van der Waals surface area contributed by atoms with Crippen molar-refractivity contribution in [3.05, 3.63) is 70.8 Å². The lowest BCUT2D eigenvalue weighted by molar-refractivity contribution is 0.0498. The summed E-state index contributed by atoms with van der Waals surface area (Å²) < 4.78 is 18.2. The number of hydrogen-bond acceptors (Lipinski definition) is 5. The molecule has 0 aliphatic carbocycles. The molecule has 1 saturated heterocycles. The molecule has 0 aromatic heterocycles. The summed E-state index contributed by atoms with van der Waals surface area (Å²) in [7, 11) is 0. The van der Waals surface area contributed by atoms with Gasteiger partial charge in [-0.1, -0.05) is 35.4 Å². The van der Waals surface area contributed by atoms with Crippen LogP contribution in [0.25, 0.3) is 0 Å². The lowest BCUT2D eigenvalue weighted by atomic mass is 10.1. The first-order valence-corrected chi connectivity index (χ1v) is 9.72. The number of ether oxygens (including phenoxy) is 1. The Kier molecular flexibility index (Phi) is 8.02. The summed E-state index contributed by atoms with van der Waals surface area (Å²) in [5.74, 6) is -1.28. The quantitative estimate of drug-likeness (QED) is 0.747. The van der Waals surface area contributed by atoms with Crippen molar-refractivity contribution in [1.82, 2.24) is 0 Å². The molecular formula is C21H23FO5S. The Hall–Kier alpha value is -2.38. The van der Waals surface area contributed by atoms with Gasteiger partial charge >= 0.3 is 11.9 Å². The van der Waals surface area contributed by atoms with Crippen molar-refractivity contribution in [2.24, 2.45) is 0 Å². The molecule has 0 saturated carbocycles. The molecule has 1 heterocycles. The molecule has 3 rings (SSSR count). The van der Waals surface area contributed by atoms with Crippen LogP contribution in [-0.2, 0) is 4.74 Å². The molecule has 0 radical (unpaired) electrons. The number of halogens is 1. The number of carboxylic acid groups (broad SMARTS) is 1. The topological polar surface area (TPSA) is 83.8 Å². The monoisotopic (exact) mass is 406 g/mol. The number of aliphatic hydroxyl groups excluding tert-OH is 1. The van der Waals surface area contributed by atoms with Crippen molar-refractivity contribution in [3.8, 4) is 0 Å². The second kappa shape index (κ2) is 10.2. The second-order valence-corrected chi connectivity index (χ2v) is 7.96. The lowest BCUT2D eigenvalue weighted by Crippen LogP contribution is -2.15. The van der Waals surface area contributed by atoms with Gasteiger partial charge < -0.3 is 14.9 Å². The van der Waals surface area contributed by atoms with E-state index in [9.17, 15) is 19.1 Å². The maximum Gasteiger partial charge on any atom is 0.338 e. The average molecular weight is 406 g/mol. The van der Waals surface area contributed by atoms with Crippen LogP contribution in [0, 0.1) is 13.8 Å². The molecule has 7 heteroatoms. The minimum absolute atomic E-state index is 0.134. The van der Waals surface area contributed by atoms with E-state index in [0.717, 1.165) is 22.9 Å². The molecule has 2 N–H and O–H groups in total. The second-order valence-electron chi connectivity index (χ2n) is 6.54. The third-order valence-corrected chi connectivity index (χ3v) is 5.40. The Morgan fingerprint density at radius 2 is 1.54 bits per heavy atom. The number of benzene rings is 2. The van der Waals surface area contributed by atoms with Crippen LogP contribution in [-0.4, -0.2) is 45.6 Å². The van der Waals surface area contributed by atoms with Gasteiger partial charge in [-0.25, -0.2) is 14.0 Å². The highest BCUT2D eigenvalue weighted by molar-refractivity contribution is 8.00.